The molecule has 0 bridgehead atoms. The number of nitrogens with zero attached hydrogens (tertiary/aromatic N) is 1. The second kappa shape index (κ2) is 5.46. The Morgan fingerprint density at radius 3 is 2.84 bits per heavy atom. The third kappa shape index (κ3) is 2.55. The highest BCUT2D eigenvalue weighted by Gasteiger charge is 2.35. The minimum Gasteiger partial charge on any atom is -0.429 e. The molecule has 1 saturated heterocycles. The second-order valence-electron chi connectivity index (χ2n) is 4.75. The standard InChI is InChI=1S/C13H14ClIN2O2/c14-8-1-2-11-10(7-8)12(18)19-13(15)17(11)9-3-5-16-6-4-9/h1-2,7,9,13,16H,3-6H2. The van der Waals surface area contributed by atoms with Gasteiger partial charge in [-0.05, 0) is 66.7 Å². The van der Waals surface area contributed by atoms with Gasteiger partial charge >= 0.3 is 5.97 Å². The number of benzene rings is 1. The SMILES string of the molecule is O=C1OC(I)N(C2CCNCC2)c2ccc(Cl)cc21. The molecule has 4 nitrogen and oxygen atoms in total. The fourth-order valence-electron chi connectivity index (χ4n) is 2.66. The number of fused-ring (bicyclic) bond motifs is 1. The summed E-state index contributed by atoms with van der Waals surface area (Å²) in [5.41, 5.74) is 1.51. The quantitative estimate of drug-likeness (QED) is 0.345. The minimum atomic E-state index is -0.290. The van der Waals surface area contributed by atoms with E-state index in [4.69, 9.17) is 16.3 Å². The van der Waals surface area contributed by atoms with Gasteiger partial charge in [0.25, 0.3) is 0 Å². The topological polar surface area (TPSA) is 41.6 Å². The Kier molecular flexibility index (Phi) is 3.86. The van der Waals surface area contributed by atoms with E-state index in [1.165, 1.54) is 0 Å². The van der Waals surface area contributed by atoms with Crippen LogP contribution in [0.15, 0.2) is 18.2 Å². The number of nitrogens with one attached hydrogen (secondary N) is 1. The van der Waals surface area contributed by atoms with E-state index in [2.05, 4.69) is 32.8 Å². The number of ether oxygens (including phenoxy) is 1. The van der Waals surface area contributed by atoms with Crippen molar-refractivity contribution in [2.45, 2.75) is 23.1 Å². The molecule has 2 aliphatic rings. The maximum absolute atomic E-state index is 12.0. The van der Waals surface area contributed by atoms with Gasteiger partial charge in [0.05, 0.1) is 11.3 Å². The van der Waals surface area contributed by atoms with E-state index in [1.807, 2.05) is 12.1 Å². The Morgan fingerprint density at radius 2 is 2.11 bits per heavy atom. The highest BCUT2D eigenvalue weighted by Crippen LogP contribution is 2.36. The number of piperidine rings is 1. The number of hydrogen-bond acceptors (Lipinski definition) is 4. The molecule has 1 fully saturated rings. The highest BCUT2D eigenvalue weighted by atomic mass is 127. The Balaban J connectivity index is 2.00. The van der Waals surface area contributed by atoms with Crippen molar-refractivity contribution >= 4 is 45.8 Å². The van der Waals surface area contributed by atoms with Crippen LogP contribution < -0.4 is 10.2 Å². The second-order valence-corrected chi connectivity index (χ2v) is 6.25. The lowest BCUT2D eigenvalue weighted by molar-refractivity contribution is 0.0434. The zero-order chi connectivity index (χ0) is 13.4. The molecule has 0 amide bonds. The van der Waals surface area contributed by atoms with Crippen LogP contribution in [0.1, 0.15) is 23.2 Å². The van der Waals surface area contributed by atoms with Crippen molar-refractivity contribution in [3.63, 3.8) is 0 Å². The summed E-state index contributed by atoms with van der Waals surface area (Å²) in [5.74, 6) is -0.290. The van der Waals surface area contributed by atoms with E-state index in [9.17, 15) is 4.79 Å². The Morgan fingerprint density at radius 1 is 1.37 bits per heavy atom. The van der Waals surface area contributed by atoms with Gasteiger partial charge in [0.2, 0.25) is 4.23 Å². The van der Waals surface area contributed by atoms with E-state index in [1.54, 1.807) is 6.07 Å². The maximum Gasteiger partial charge on any atom is 0.342 e. The van der Waals surface area contributed by atoms with Gasteiger partial charge in [-0.1, -0.05) is 11.6 Å². The number of anilines is 1. The molecule has 3 rings (SSSR count). The smallest absolute Gasteiger partial charge is 0.342 e. The monoisotopic (exact) mass is 392 g/mol. The first-order valence-corrected chi connectivity index (χ1v) is 7.93. The molecule has 6 heteroatoms. The van der Waals surface area contributed by atoms with Crippen molar-refractivity contribution in [3.05, 3.63) is 28.8 Å². The van der Waals surface area contributed by atoms with Crippen LogP contribution in [0.25, 0.3) is 0 Å². The van der Waals surface area contributed by atoms with Crippen LogP contribution in [-0.2, 0) is 4.74 Å². The third-order valence-electron chi connectivity index (χ3n) is 3.58. The largest absolute Gasteiger partial charge is 0.429 e. The van der Waals surface area contributed by atoms with Crippen molar-refractivity contribution in [3.8, 4) is 0 Å². The van der Waals surface area contributed by atoms with Gasteiger partial charge in [-0.2, -0.15) is 0 Å². The third-order valence-corrected chi connectivity index (χ3v) is 4.67. The molecule has 0 radical (unpaired) electrons. The van der Waals surface area contributed by atoms with Gasteiger partial charge in [-0.3, -0.25) is 0 Å². The molecule has 2 aliphatic heterocycles. The first-order chi connectivity index (χ1) is 9.16. The normalized spacial score (nSPS) is 24.0. The minimum absolute atomic E-state index is 0.248. The molecule has 1 atom stereocenters. The first-order valence-electron chi connectivity index (χ1n) is 6.30. The average Bonchev–Trinajstić information content (AvgIpc) is 2.41. The van der Waals surface area contributed by atoms with Crippen LogP contribution in [0.2, 0.25) is 5.02 Å². The van der Waals surface area contributed by atoms with Crippen LogP contribution in [0.3, 0.4) is 0 Å². The van der Waals surface area contributed by atoms with Crippen molar-refractivity contribution in [2.24, 2.45) is 0 Å². The molecule has 0 saturated carbocycles. The molecule has 2 heterocycles. The lowest BCUT2D eigenvalue weighted by Crippen LogP contribution is -2.50. The summed E-state index contributed by atoms with van der Waals surface area (Å²) < 4.78 is 5.18. The fourth-order valence-corrected chi connectivity index (χ4v) is 3.82. The molecule has 0 spiro atoms. The Labute approximate surface area is 130 Å². The van der Waals surface area contributed by atoms with Gasteiger partial charge < -0.3 is 15.0 Å². The lowest BCUT2D eigenvalue weighted by Gasteiger charge is -2.42. The zero-order valence-electron chi connectivity index (χ0n) is 10.2. The summed E-state index contributed by atoms with van der Waals surface area (Å²) in [7, 11) is 0. The average molecular weight is 393 g/mol. The first kappa shape index (κ1) is 13.5. The van der Waals surface area contributed by atoms with Crippen LogP contribution in [0.5, 0.6) is 0 Å². The van der Waals surface area contributed by atoms with Crippen LogP contribution in [-0.4, -0.2) is 29.3 Å². The van der Waals surface area contributed by atoms with Gasteiger partial charge in [0.1, 0.15) is 0 Å². The predicted molar refractivity (Wildman–Crippen MR) is 83.0 cm³/mol. The molecule has 1 N–H and O–H groups in total. The van der Waals surface area contributed by atoms with Crippen molar-refractivity contribution < 1.29 is 9.53 Å². The number of halogens is 2. The van der Waals surface area contributed by atoms with Gasteiger partial charge in [0, 0.05) is 11.1 Å². The number of carbonyl (C=O) groups excluding carboxylic acids is 1. The van der Waals surface area contributed by atoms with Crippen LogP contribution in [0.4, 0.5) is 5.69 Å². The number of alkyl halides is 1. The van der Waals surface area contributed by atoms with E-state index in [0.717, 1.165) is 31.6 Å². The Bertz CT molecular complexity index is 505. The molecule has 19 heavy (non-hydrogen) atoms. The Hall–Kier alpha value is -0.530. The summed E-state index contributed by atoms with van der Waals surface area (Å²) in [6.45, 7) is 2.00. The summed E-state index contributed by atoms with van der Waals surface area (Å²) in [4.78, 5) is 14.2. The molecule has 1 aromatic rings. The van der Waals surface area contributed by atoms with E-state index in [-0.39, 0.29) is 10.2 Å². The number of esters is 1. The maximum atomic E-state index is 12.0. The number of cyclic esters (lactones) is 1. The van der Waals surface area contributed by atoms with E-state index in [0.29, 0.717) is 16.6 Å². The lowest BCUT2D eigenvalue weighted by atomic mass is 10.0. The molecular formula is C13H14ClIN2O2. The van der Waals surface area contributed by atoms with Crippen molar-refractivity contribution in [1.29, 1.82) is 0 Å². The van der Waals surface area contributed by atoms with Crippen LogP contribution in [0, 0.1) is 0 Å². The molecule has 102 valence electrons. The number of carbonyl (C=O) groups is 1. The van der Waals surface area contributed by atoms with E-state index < -0.39 is 0 Å². The van der Waals surface area contributed by atoms with Crippen molar-refractivity contribution in [2.75, 3.05) is 18.0 Å². The highest BCUT2D eigenvalue weighted by molar-refractivity contribution is 14.1. The van der Waals surface area contributed by atoms with E-state index >= 15 is 0 Å². The molecule has 1 aromatic carbocycles. The molecule has 0 aliphatic carbocycles. The summed E-state index contributed by atoms with van der Waals surface area (Å²) >= 11 is 8.15. The summed E-state index contributed by atoms with van der Waals surface area (Å²) in [6.07, 6.45) is 2.11. The molecule has 0 aromatic heterocycles. The molecular weight excluding hydrogens is 379 g/mol. The fraction of sp³-hybridized carbons (Fsp3) is 0.462. The summed E-state index contributed by atoms with van der Waals surface area (Å²) in [6, 6.07) is 5.84. The zero-order valence-corrected chi connectivity index (χ0v) is 13.1. The van der Waals surface area contributed by atoms with Gasteiger partial charge in [0.15, 0.2) is 0 Å². The predicted octanol–water partition coefficient (Wildman–Crippen LogP) is 2.79. The number of hydrogen-bond donors (Lipinski definition) is 1. The van der Waals surface area contributed by atoms with Gasteiger partial charge in [-0.25, -0.2) is 4.79 Å². The van der Waals surface area contributed by atoms with Crippen molar-refractivity contribution in [1.82, 2.24) is 5.32 Å². The number of rotatable bonds is 1. The summed E-state index contributed by atoms with van der Waals surface area (Å²) in [5, 5.41) is 3.92. The molecule has 1 unspecified atom stereocenters. The van der Waals surface area contributed by atoms with Gasteiger partial charge in [-0.15, -0.1) is 0 Å². The van der Waals surface area contributed by atoms with Crippen LogP contribution >= 0.6 is 34.2 Å².